The molecule has 1 aromatic heterocycles. The van der Waals surface area contributed by atoms with E-state index in [1.807, 2.05) is 0 Å². The standard InChI is InChI=1S/C21H22N2O2S2/c24-21(25)16-9-26-19(23-16)20-22-15-2-1-12(8-17(15)27-20)18-13-4-10-3-11(6-13)7-14(18)5-10/h1-2,8,10-11,13-14,16,18H,3-7,9H2,(H,24,25). The number of aliphatic imine (C=N–C) groups is 1. The van der Waals surface area contributed by atoms with Crippen LogP contribution in [0.5, 0.6) is 0 Å². The van der Waals surface area contributed by atoms with Crippen molar-refractivity contribution in [1.29, 1.82) is 0 Å². The number of aliphatic carboxylic acids is 1. The number of thiazole rings is 1. The molecule has 4 nitrogen and oxygen atoms in total. The minimum Gasteiger partial charge on any atom is -0.480 e. The first kappa shape index (κ1) is 16.5. The maximum atomic E-state index is 11.2. The molecule has 27 heavy (non-hydrogen) atoms. The summed E-state index contributed by atoms with van der Waals surface area (Å²) in [4.78, 5) is 20.2. The fraction of sp³-hybridized carbons (Fsp3) is 0.571. The Balaban J connectivity index is 1.33. The summed E-state index contributed by atoms with van der Waals surface area (Å²) >= 11 is 3.18. The molecule has 7 rings (SSSR count). The molecule has 1 aliphatic heterocycles. The summed E-state index contributed by atoms with van der Waals surface area (Å²) in [6, 6.07) is 6.23. The maximum Gasteiger partial charge on any atom is 0.329 e. The zero-order valence-corrected chi connectivity index (χ0v) is 16.6. The van der Waals surface area contributed by atoms with Crippen LogP contribution in [-0.4, -0.2) is 32.9 Å². The number of benzene rings is 1. The number of carboxylic acid groups (broad SMARTS) is 1. The van der Waals surface area contributed by atoms with Gasteiger partial charge in [0.15, 0.2) is 6.04 Å². The highest BCUT2D eigenvalue weighted by atomic mass is 32.2. The smallest absolute Gasteiger partial charge is 0.329 e. The summed E-state index contributed by atoms with van der Waals surface area (Å²) in [5.41, 5.74) is 2.53. The summed E-state index contributed by atoms with van der Waals surface area (Å²) in [5.74, 6) is 4.18. The third kappa shape index (κ3) is 2.67. The van der Waals surface area contributed by atoms with E-state index in [0.717, 1.165) is 45.2 Å². The highest BCUT2D eigenvalue weighted by Gasteiger charge is 2.48. The van der Waals surface area contributed by atoms with Crippen molar-refractivity contribution < 1.29 is 9.90 Å². The van der Waals surface area contributed by atoms with Crippen LogP contribution < -0.4 is 0 Å². The fourth-order valence-electron chi connectivity index (χ4n) is 6.33. The molecule has 4 fully saturated rings. The van der Waals surface area contributed by atoms with Crippen LogP contribution in [0.25, 0.3) is 10.2 Å². The van der Waals surface area contributed by atoms with Crippen molar-refractivity contribution in [2.45, 2.75) is 44.1 Å². The molecular formula is C21H22N2O2S2. The van der Waals surface area contributed by atoms with E-state index < -0.39 is 12.0 Å². The van der Waals surface area contributed by atoms with Crippen molar-refractivity contribution in [3.8, 4) is 0 Å². The van der Waals surface area contributed by atoms with Gasteiger partial charge in [0, 0.05) is 5.75 Å². The van der Waals surface area contributed by atoms with Crippen LogP contribution in [0, 0.1) is 23.7 Å². The van der Waals surface area contributed by atoms with Gasteiger partial charge in [-0.1, -0.05) is 6.07 Å². The first-order valence-electron chi connectivity index (χ1n) is 9.98. The largest absolute Gasteiger partial charge is 0.480 e. The molecule has 0 saturated heterocycles. The lowest BCUT2D eigenvalue weighted by molar-refractivity contribution is -0.137. The lowest BCUT2D eigenvalue weighted by Crippen LogP contribution is -2.43. The molecule has 140 valence electrons. The first-order chi connectivity index (χ1) is 13.1. The van der Waals surface area contributed by atoms with Crippen molar-refractivity contribution in [3.63, 3.8) is 0 Å². The van der Waals surface area contributed by atoms with Gasteiger partial charge in [0.05, 0.1) is 10.2 Å². The van der Waals surface area contributed by atoms with E-state index in [9.17, 15) is 4.79 Å². The lowest BCUT2D eigenvalue weighted by atomic mass is 9.51. The SMILES string of the molecule is O=C(O)C1CSC(c2nc3ccc(C4C5CC6CC(C5)CC4C6)cc3s2)=N1. The van der Waals surface area contributed by atoms with Gasteiger partial charge in [-0.25, -0.2) is 9.78 Å². The van der Waals surface area contributed by atoms with E-state index in [2.05, 4.69) is 23.2 Å². The Bertz CT molecular complexity index is 938. The van der Waals surface area contributed by atoms with Crippen LogP contribution >= 0.6 is 23.1 Å². The third-order valence-electron chi connectivity index (χ3n) is 7.14. The van der Waals surface area contributed by atoms with Gasteiger partial charge in [0.2, 0.25) is 0 Å². The monoisotopic (exact) mass is 398 g/mol. The topological polar surface area (TPSA) is 62.5 Å². The second-order valence-corrected chi connectivity index (χ2v) is 10.8. The van der Waals surface area contributed by atoms with Gasteiger partial charge < -0.3 is 5.11 Å². The molecule has 0 radical (unpaired) electrons. The zero-order chi connectivity index (χ0) is 18.1. The number of carbonyl (C=O) groups is 1. The molecule has 2 aromatic rings. The molecule has 4 saturated carbocycles. The summed E-state index contributed by atoms with van der Waals surface area (Å²) in [6.45, 7) is 0. The van der Waals surface area contributed by atoms with Crippen LogP contribution in [0.15, 0.2) is 23.2 Å². The van der Waals surface area contributed by atoms with Gasteiger partial charge in [-0.3, -0.25) is 4.99 Å². The molecule has 1 aromatic carbocycles. The number of aromatic nitrogens is 1. The number of hydrogen-bond donors (Lipinski definition) is 1. The number of fused-ring (bicyclic) bond motifs is 1. The van der Waals surface area contributed by atoms with Gasteiger partial charge >= 0.3 is 5.97 Å². The first-order valence-corrected chi connectivity index (χ1v) is 11.8. The fourth-order valence-corrected chi connectivity index (χ4v) is 8.44. The van der Waals surface area contributed by atoms with Crippen LogP contribution in [0.3, 0.4) is 0 Å². The quantitative estimate of drug-likeness (QED) is 0.808. The van der Waals surface area contributed by atoms with Gasteiger partial charge in [0.1, 0.15) is 10.1 Å². The lowest BCUT2D eigenvalue weighted by Gasteiger charge is -2.54. The second-order valence-electron chi connectivity index (χ2n) is 8.80. The van der Waals surface area contributed by atoms with E-state index >= 15 is 0 Å². The van der Waals surface area contributed by atoms with Gasteiger partial charge in [-0.2, -0.15) is 0 Å². The average Bonchev–Trinajstić information content (AvgIpc) is 3.27. The number of carboxylic acids is 1. The molecule has 4 bridgehead atoms. The number of hydrogen-bond acceptors (Lipinski definition) is 5. The van der Waals surface area contributed by atoms with Crippen LogP contribution in [0.1, 0.15) is 48.6 Å². The Hall–Kier alpha value is -1.40. The molecular weight excluding hydrogens is 376 g/mol. The molecule has 4 aliphatic carbocycles. The molecule has 0 amide bonds. The van der Waals surface area contributed by atoms with Gasteiger partial charge in [0.25, 0.3) is 0 Å². The number of thioether (sulfide) groups is 1. The Morgan fingerprint density at radius 1 is 1.07 bits per heavy atom. The molecule has 2 heterocycles. The van der Waals surface area contributed by atoms with Crippen LogP contribution in [0.4, 0.5) is 0 Å². The van der Waals surface area contributed by atoms with Gasteiger partial charge in [-0.05, 0) is 79.4 Å². The van der Waals surface area contributed by atoms with E-state index in [-0.39, 0.29) is 0 Å². The Kier molecular flexibility index (Phi) is 3.71. The zero-order valence-electron chi connectivity index (χ0n) is 15.0. The summed E-state index contributed by atoms with van der Waals surface area (Å²) in [6.07, 6.45) is 7.25. The Morgan fingerprint density at radius 2 is 1.81 bits per heavy atom. The van der Waals surface area contributed by atoms with Crippen molar-refractivity contribution in [1.82, 2.24) is 4.98 Å². The van der Waals surface area contributed by atoms with Crippen molar-refractivity contribution in [2.24, 2.45) is 28.7 Å². The summed E-state index contributed by atoms with van der Waals surface area (Å²) in [7, 11) is 0. The van der Waals surface area contributed by atoms with E-state index in [1.54, 1.807) is 11.3 Å². The van der Waals surface area contributed by atoms with E-state index in [0.29, 0.717) is 5.75 Å². The molecule has 5 aliphatic rings. The van der Waals surface area contributed by atoms with Crippen molar-refractivity contribution in [2.75, 3.05) is 5.75 Å². The Labute approximate surface area is 166 Å². The van der Waals surface area contributed by atoms with E-state index in [1.165, 1.54) is 54.1 Å². The predicted octanol–water partition coefficient (Wildman–Crippen LogP) is 4.78. The number of nitrogens with zero attached hydrogens (tertiary/aromatic N) is 2. The Morgan fingerprint density at radius 3 is 2.48 bits per heavy atom. The summed E-state index contributed by atoms with van der Waals surface area (Å²) < 4.78 is 1.22. The maximum absolute atomic E-state index is 11.2. The third-order valence-corrected chi connectivity index (χ3v) is 9.35. The van der Waals surface area contributed by atoms with Crippen molar-refractivity contribution >= 4 is 44.3 Å². The molecule has 1 N–H and O–H groups in total. The molecule has 1 atom stereocenters. The molecule has 1 unspecified atom stereocenters. The minimum atomic E-state index is -0.845. The average molecular weight is 399 g/mol. The van der Waals surface area contributed by atoms with Crippen molar-refractivity contribution in [3.05, 3.63) is 28.8 Å². The number of rotatable bonds is 3. The molecule has 0 spiro atoms. The van der Waals surface area contributed by atoms with E-state index in [4.69, 9.17) is 10.1 Å². The normalized spacial score (nSPS) is 37.1. The summed E-state index contributed by atoms with van der Waals surface area (Å²) in [5, 5.41) is 10.8. The highest BCUT2D eigenvalue weighted by molar-refractivity contribution is 8.15. The van der Waals surface area contributed by atoms with Gasteiger partial charge in [-0.15, -0.1) is 23.1 Å². The second kappa shape index (κ2) is 6.05. The highest BCUT2D eigenvalue weighted by Crippen LogP contribution is 2.59. The van der Waals surface area contributed by atoms with Crippen LogP contribution in [-0.2, 0) is 4.79 Å². The molecule has 6 heteroatoms. The minimum absolute atomic E-state index is 0.514. The predicted molar refractivity (Wildman–Crippen MR) is 110 cm³/mol. The van der Waals surface area contributed by atoms with Crippen LogP contribution in [0.2, 0.25) is 0 Å².